The highest BCUT2D eigenvalue weighted by Gasteiger charge is 2.23. The number of anilines is 1. The number of hydrogen-bond donors (Lipinski definition) is 2. The molecule has 0 amide bonds. The van der Waals surface area contributed by atoms with Crippen LogP contribution in [0.15, 0.2) is 12.3 Å². The van der Waals surface area contributed by atoms with Gasteiger partial charge in [0.25, 0.3) is 0 Å². The van der Waals surface area contributed by atoms with Crippen molar-refractivity contribution in [1.82, 2.24) is 9.97 Å². The van der Waals surface area contributed by atoms with Gasteiger partial charge in [0.15, 0.2) is 0 Å². The molecule has 0 aromatic carbocycles. The van der Waals surface area contributed by atoms with E-state index in [1.165, 1.54) is 12.3 Å². The summed E-state index contributed by atoms with van der Waals surface area (Å²) >= 11 is 0. The molecule has 1 aromatic heterocycles. The molecular formula is C12H20FN3O2. The van der Waals surface area contributed by atoms with Crippen LogP contribution in [0.25, 0.3) is 0 Å². The molecule has 0 unspecified atom stereocenters. The smallest absolute Gasteiger partial charge is 0.310 e. The van der Waals surface area contributed by atoms with Crippen molar-refractivity contribution in [1.29, 1.82) is 0 Å². The lowest BCUT2D eigenvalue weighted by Gasteiger charge is -2.30. The Bertz CT molecular complexity index is 382. The summed E-state index contributed by atoms with van der Waals surface area (Å²) < 4.78 is 18.6. The predicted molar refractivity (Wildman–Crippen MR) is 66.8 cm³/mol. The Labute approximate surface area is 106 Å². The molecule has 5 nitrogen and oxygen atoms in total. The van der Waals surface area contributed by atoms with E-state index in [-0.39, 0.29) is 24.4 Å². The second kappa shape index (κ2) is 6.06. The number of aliphatic hydroxyl groups excluding tert-OH is 1. The lowest BCUT2D eigenvalue weighted by Crippen LogP contribution is -2.41. The van der Waals surface area contributed by atoms with Crippen molar-refractivity contribution in [3.63, 3.8) is 0 Å². The maximum Gasteiger partial charge on any atom is 0.310 e. The summed E-state index contributed by atoms with van der Waals surface area (Å²) in [4.78, 5) is 6.95. The molecule has 2 N–H and O–H groups in total. The van der Waals surface area contributed by atoms with Crippen molar-refractivity contribution in [3.8, 4) is 0 Å². The Hall–Kier alpha value is -1.27. The van der Waals surface area contributed by atoms with Gasteiger partial charge in [-0.15, -0.1) is 0 Å². The fourth-order valence-corrected chi connectivity index (χ4v) is 1.56. The van der Waals surface area contributed by atoms with Crippen LogP contribution < -0.4 is 5.32 Å². The SMILES string of the molecule is C[C@H](OC(C)(C)C)[C@@H](CO)Nc1ccnc(F)n1. The Kier molecular flexibility index (Phi) is 4.98. The molecule has 0 aliphatic heterocycles. The Morgan fingerprint density at radius 2 is 2.17 bits per heavy atom. The number of rotatable bonds is 5. The summed E-state index contributed by atoms with van der Waals surface area (Å²) in [5.41, 5.74) is -0.314. The highest BCUT2D eigenvalue weighted by Crippen LogP contribution is 2.15. The van der Waals surface area contributed by atoms with Gasteiger partial charge in [0.1, 0.15) is 5.82 Å². The molecule has 0 radical (unpaired) electrons. The molecule has 0 bridgehead atoms. The third kappa shape index (κ3) is 4.93. The first-order valence-corrected chi connectivity index (χ1v) is 5.85. The molecular weight excluding hydrogens is 237 g/mol. The summed E-state index contributed by atoms with van der Waals surface area (Å²) in [6.45, 7) is 7.51. The molecule has 1 heterocycles. The number of nitrogens with one attached hydrogen (secondary N) is 1. The predicted octanol–water partition coefficient (Wildman–Crippen LogP) is 1.59. The average molecular weight is 257 g/mol. The van der Waals surface area contributed by atoms with Crippen LogP contribution in [0.4, 0.5) is 10.2 Å². The van der Waals surface area contributed by atoms with Gasteiger partial charge in [-0.25, -0.2) is 4.98 Å². The van der Waals surface area contributed by atoms with E-state index in [4.69, 9.17) is 4.74 Å². The molecule has 0 fully saturated rings. The van der Waals surface area contributed by atoms with Crippen LogP contribution >= 0.6 is 0 Å². The summed E-state index contributed by atoms with van der Waals surface area (Å²) in [6, 6.07) is 1.17. The minimum absolute atomic E-state index is 0.136. The van der Waals surface area contributed by atoms with Crippen molar-refractivity contribution in [2.75, 3.05) is 11.9 Å². The summed E-state index contributed by atoms with van der Waals surface area (Å²) in [6.07, 6.45) is 0.267. The van der Waals surface area contributed by atoms with Gasteiger partial charge in [-0.05, 0) is 33.8 Å². The number of nitrogens with zero attached hydrogens (tertiary/aromatic N) is 2. The first-order valence-electron chi connectivity index (χ1n) is 5.85. The van der Waals surface area contributed by atoms with Crippen molar-refractivity contribution >= 4 is 5.82 Å². The lowest BCUT2D eigenvalue weighted by atomic mass is 10.1. The number of hydrogen-bond acceptors (Lipinski definition) is 5. The van der Waals surface area contributed by atoms with Crippen LogP contribution in [0.1, 0.15) is 27.7 Å². The molecule has 1 rings (SSSR count). The van der Waals surface area contributed by atoms with Gasteiger partial charge in [0, 0.05) is 6.20 Å². The van der Waals surface area contributed by atoms with Crippen molar-refractivity contribution in [2.45, 2.75) is 45.4 Å². The van der Waals surface area contributed by atoms with E-state index in [0.29, 0.717) is 5.82 Å². The zero-order valence-electron chi connectivity index (χ0n) is 11.1. The van der Waals surface area contributed by atoms with Crippen molar-refractivity contribution in [3.05, 3.63) is 18.3 Å². The molecule has 1 aromatic rings. The minimum atomic E-state index is -0.805. The van der Waals surface area contributed by atoms with Crippen LogP contribution in [-0.4, -0.2) is 39.4 Å². The topological polar surface area (TPSA) is 67.3 Å². The van der Waals surface area contributed by atoms with Crippen LogP contribution in [0.5, 0.6) is 0 Å². The summed E-state index contributed by atoms with van der Waals surface area (Å²) in [5, 5.41) is 12.3. The van der Waals surface area contributed by atoms with E-state index >= 15 is 0 Å². The molecule has 0 aliphatic rings. The molecule has 0 saturated heterocycles. The number of ether oxygens (including phenoxy) is 1. The van der Waals surface area contributed by atoms with Gasteiger partial charge in [-0.2, -0.15) is 9.37 Å². The number of aromatic nitrogens is 2. The largest absolute Gasteiger partial charge is 0.394 e. The standard InChI is InChI=1S/C12H20FN3O2/c1-8(18-12(2,3)4)9(7-17)15-10-5-6-14-11(13)16-10/h5-6,8-9,17H,7H2,1-4H3,(H,14,15,16)/t8-,9+/m0/s1. The minimum Gasteiger partial charge on any atom is -0.394 e. The van der Waals surface area contributed by atoms with Gasteiger partial charge >= 0.3 is 6.08 Å². The fraction of sp³-hybridized carbons (Fsp3) is 0.667. The van der Waals surface area contributed by atoms with E-state index in [2.05, 4.69) is 15.3 Å². The van der Waals surface area contributed by atoms with Crippen LogP contribution in [0.3, 0.4) is 0 Å². The second-order valence-corrected chi connectivity index (χ2v) is 5.08. The fourth-order valence-electron chi connectivity index (χ4n) is 1.56. The van der Waals surface area contributed by atoms with Crippen LogP contribution in [-0.2, 0) is 4.74 Å². The van der Waals surface area contributed by atoms with E-state index in [9.17, 15) is 9.50 Å². The summed E-state index contributed by atoms with van der Waals surface area (Å²) in [7, 11) is 0. The van der Waals surface area contributed by atoms with E-state index in [1.807, 2.05) is 27.7 Å². The zero-order valence-corrected chi connectivity index (χ0v) is 11.1. The first kappa shape index (κ1) is 14.8. The quantitative estimate of drug-likeness (QED) is 0.784. The number of halogens is 1. The molecule has 0 aliphatic carbocycles. The zero-order chi connectivity index (χ0) is 13.8. The molecule has 6 heteroatoms. The van der Waals surface area contributed by atoms with Gasteiger partial charge in [0.2, 0.25) is 0 Å². The highest BCUT2D eigenvalue weighted by molar-refractivity contribution is 5.33. The monoisotopic (exact) mass is 257 g/mol. The van der Waals surface area contributed by atoms with E-state index < -0.39 is 6.08 Å². The third-order valence-electron chi connectivity index (χ3n) is 2.26. The number of aliphatic hydroxyl groups is 1. The van der Waals surface area contributed by atoms with Gasteiger partial charge in [0.05, 0.1) is 24.4 Å². The summed E-state index contributed by atoms with van der Waals surface area (Å²) in [5.74, 6) is 0.325. The Morgan fingerprint density at radius 3 is 2.67 bits per heavy atom. The maximum absolute atomic E-state index is 12.8. The Balaban J connectivity index is 2.67. The van der Waals surface area contributed by atoms with E-state index in [1.54, 1.807) is 0 Å². The van der Waals surface area contributed by atoms with Crippen LogP contribution in [0, 0.1) is 6.08 Å². The Morgan fingerprint density at radius 1 is 1.50 bits per heavy atom. The first-order chi connectivity index (χ1) is 8.31. The average Bonchev–Trinajstić information content (AvgIpc) is 2.23. The van der Waals surface area contributed by atoms with Gasteiger partial charge < -0.3 is 15.2 Å². The second-order valence-electron chi connectivity index (χ2n) is 5.08. The molecule has 0 spiro atoms. The van der Waals surface area contributed by atoms with E-state index in [0.717, 1.165) is 0 Å². The lowest BCUT2D eigenvalue weighted by molar-refractivity contribution is -0.0638. The van der Waals surface area contributed by atoms with Crippen LogP contribution in [0.2, 0.25) is 0 Å². The van der Waals surface area contributed by atoms with Crippen molar-refractivity contribution < 1.29 is 14.2 Å². The molecule has 0 saturated carbocycles. The van der Waals surface area contributed by atoms with Gasteiger partial charge in [-0.3, -0.25) is 0 Å². The maximum atomic E-state index is 12.8. The molecule has 18 heavy (non-hydrogen) atoms. The normalized spacial score (nSPS) is 15.2. The van der Waals surface area contributed by atoms with Gasteiger partial charge in [-0.1, -0.05) is 0 Å². The van der Waals surface area contributed by atoms with Crippen molar-refractivity contribution in [2.24, 2.45) is 0 Å². The molecule has 2 atom stereocenters. The molecule has 102 valence electrons. The highest BCUT2D eigenvalue weighted by atomic mass is 19.1. The third-order valence-corrected chi connectivity index (χ3v) is 2.26.